The second kappa shape index (κ2) is 6.33. The lowest BCUT2D eigenvalue weighted by Crippen LogP contribution is -2.39. The molecule has 1 aliphatic rings. The van der Waals surface area contributed by atoms with Crippen LogP contribution in [-0.4, -0.2) is 31.3 Å². The third kappa shape index (κ3) is 3.16. The molecule has 0 aliphatic heterocycles. The van der Waals surface area contributed by atoms with Crippen LogP contribution in [0.3, 0.4) is 0 Å². The number of rotatable bonds is 6. The molecule has 0 unspecified atom stereocenters. The summed E-state index contributed by atoms with van der Waals surface area (Å²) >= 11 is 0. The van der Waals surface area contributed by atoms with Gasteiger partial charge in [0, 0.05) is 6.42 Å². The maximum atomic E-state index is 11.8. The van der Waals surface area contributed by atoms with Crippen LogP contribution in [0.15, 0.2) is 0 Å². The van der Waals surface area contributed by atoms with Crippen LogP contribution >= 0.6 is 0 Å². The van der Waals surface area contributed by atoms with Crippen LogP contribution in [0.1, 0.15) is 58.2 Å². The van der Waals surface area contributed by atoms with Gasteiger partial charge >= 0.3 is 5.97 Å². The summed E-state index contributed by atoms with van der Waals surface area (Å²) in [6, 6.07) is 0. The van der Waals surface area contributed by atoms with E-state index in [1.807, 2.05) is 0 Å². The molecule has 1 aromatic rings. The molecule has 1 heterocycles. The van der Waals surface area contributed by atoms with E-state index in [1.54, 1.807) is 4.68 Å². The lowest BCUT2D eigenvalue weighted by molar-refractivity contribution is -0.153. The lowest BCUT2D eigenvalue weighted by Gasteiger charge is -2.35. The van der Waals surface area contributed by atoms with Gasteiger partial charge < -0.3 is 5.11 Å². The molecule has 1 aromatic heterocycles. The maximum Gasteiger partial charge on any atom is 0.311 e. The second-order valence-electron chi connectivity index (χ2n) is 6.12. The number of unbranched alkanes of at least 4 members (excludes halogenated alkanes) is 1. The van der Waals surface area contributed by atoms with Gasteiger partial charge in [-0.25, -0.2) is 4.68 Å². The average molecular weight is 280 g/mol. The quantitative estimate of drug-likeness (QED) is 0.864. The van der Waals surface area contributed by atoms with E-state index in [9.17, 15) is 9.90 Å². The predicted octanol–water partition coefficient (Wildman–Crippen LogP) is 2.30. The van der Waals surface area contributed by atoms with Gasteiger partial charge in [-0.05, 0) is 48.4 Å². The SMILES string of the molecule is CCCCc1nnnn1CC1(C(=O)O)CCC(C)CC1. The number of hydrogen-bond donors (Lipinski definition) is 1. The number of aliphatic carboxylic acids is 1. The molecule has 112 valence electrons. The fraction of sp³-hybridized carbons (Fsp3) is 0.857. The van der Waals surface area contributed by atoms with Crippen molar-refractivity contribution in [3.05, 3.63) is 5.82 Å². The van der Waals surface area contributed by atoms with E-state index in [-0.39, 0.29) is 0 Å². The van der Waals surface area contributed by atoms with Crippen molar-refractivity contribution in [3.8, 4) is 0 Å². The van der Waals surface area contributed by atoms with Crippen LogP contribution in [0.2, 0.25) is 0 Å². The van der Waals surface area contributed by atoms with Crippen LogP contribution in [0.5, 0.6) is 0 Å². The van der Waals surface area contributed by atoms with E-state index in [4.69, 9.17) is 0 Å². The third-order valence-electron chi connectivity index (χ3n) is 4.50. The monoisotopic (exact) mass is 280 g/mol. The number of aryl methyl sites for hydroxylation is 1. The summed E-state index contributed by atoms with van der Waals surface area (Å²) in [4.78, 5) is 11.8. The van der Waals surface area contributed by atoms with E-state index in [1.165, 1.54) is 0 Å². The average Bonchev–Trinajstić information content (AvgIpc) is 2.86. The molecule has 0 amide bonds. The van der Waals surface area contributed by atoms with Crippen LogP contribution in [-0.2, 0) is 17.8 Å². The Bertz CT molecular complexity index is 450. The molecule has 1 fully saturated rings. The highest BCUT2D eigenvalue weighted by molar-refractivity contribution is 5.74. The van der Waals surface area contributed by atoms with Gasteiger partial charge in [-0.2, -0.15) is 0 Å². The normalized spacial score (nSPS) is 26.6. The number of carboxylic acids is 1. The molecule has 1 saturated carbocycles. The van der Waals surface area contributed by atoms with Gasteiger partial charge in [0.05, 0.1) is 12.0 Å². The number of aromatic nitrogens is 4. The molecule has 0 bridgehead atoms. The third-order valence-corrected chi connectivity index (χ3v) is 4.50. The van der Waals surface area contributed by atoms with Gasteiger partial charge in [-0.15, -0.1) is 5.10 Å². The Morgan fingerprint density at radius 3 is 2.75 bits per heavy atom. The standard InChI is InChI=1S/C14H24N4O2/c1-3-4-5-12-15-16-17-18(12)10-14(13(19)20)8-6-11(2)7-9-14/h11H,3-10H2,1-2H3,(H,19,20). The van der Waals surface area contributed by atoms with Crippen molar-refractivity contribution >= 4 is 5.97 Å². The molecule has 0 atom stereocenters. The van der Waals surface area contributed by atoms with Crippen molar-refractivity contribution in [1.82, 2.24) is 20.2 Å². The van der Waals surface area contributed by atoms with Gasteiger partial charge in [0.25, 0.3) is 0 Å². The molecule has 0 spiro atoms. The first-order valence-electron chi connectivity index (χ1n) is 7.56. The van der Waals surface area contributed by atoms with E-state index in [2.05, 4.69) is 29.4 Å². The number of carbonyl (C=O) groups is 1. The predicted molar refractivity (Wildman–Crippen MR) is 74.1 cm³/mol. The van der Waals surface area contributed by atoms with Gasteiger partial charge in [0.15, 0.2) is 5.82 Å². The molecular weight excluding hydrogens is 256 g/mol. The first-order chi connectivity index (χ1) is 9.57. The Morgan fingerprint density at radius 1 is 1.45 bits per heavy atom. The first-order valence-corrected chi connectivity index (χ1v) is 7.56. The fourth-order valence-electron chi connectivity index (χ4n) is 2.90. The smallest absolute Gasteiger partial charge is 0.311 e. The Balaban J connectivity index is 2.13. The van der Waals surface area contributed by atoms with Crippen molar-refractivity contribution in [2.75, 3.05) is 0 Å². The van der Waals surface area contributed by atoms with Crippen molar-refractivity contribution < 1.29 is 9.90 Å². The van der Waals surface area contributed by atoms with Crippen molar-refractivity contribution in [2.24, 2.45) is 11.3 Å². The zero-order chi connectivity index (χ0) is 14.6. The minimum atomic E-state index is -0.707. The zero-order valence-electron chi connectivity index (χ0n) is 12.4. The lowest BCUT2D eigenvalue weighted by atomic mass is 9.71. The summed E-state index contributed by atoms with van der Waals surface area (Å²) in [5.41, 5.74) is -0.692. The number of tetrazole rings is 1. The summed E-state index contributed by atoms with van der Waals surface area (Å²) in [5, 5.41) is 21.4. The van der Waals surface area contributed by atoms with Gasteiger partial charge in [-0.1, -0.05) is 20.3 Å². The van der Waals surface area contributed by atoms with E-state index >= 15 is 0 Å². The highest BCUT2D eigenvalue weighted by Crippen LogP contribution is 2.40. The molecule has 2 rings (SSSR count). The second-order valence-corrected chi connectivity index (χ2v) is 6.12. The van der Waals surface area contributed by atoms with E-state index in [0.29, 0.717) is 12.5 Å². The molecule has 0 radical (unpaired) electrons. The van der Waals surface area contributed by atoms with Crippen molar-refractivity contribution in [1.29, 1.82) is 0 Å². The summed E-state index contributed by atoms with van der Waals surface area (Å²) in [5.74, 6) is 0.725. The fourth-order valence-corrected chi connectivity index (χ4v) is 2.90. The van der Waals surface area contributed by atoms with E-state index < -0.39 is 11.4 Å². The first kappa shape index (κ1) is 14.9. The summed E-state index contributed by atoms with van der Waals surface area (Å²) in [7, 11) is 0. The molecular formula is C14H24N4O2. The Labute approximate surface area is 119 Å². The van der Waals surface area contributed by atoms with Gasteiger partial charge in [0.1, 0.15) is 0 Å². The Morgan fingerprint density at radius 2 is 2.15 bits per heavy atom. The highest BCUT2D eigenvalue weighted by Gasteiger charge is 2.42. The summed E-state index contributed by atoms with van der Waals surface area (Å²) in [6.45, 7) is 4.71. The minimum Gasteiger partial charge on any atom is -0.481 e. The highest BCUT2D eigenvalue weighted by atomic mass is 16.4. The molecule has 6 nitrogen and oxygen atoms in total. The van der Waals surface area contributed by atoms with E-state index in [0.717, 1.165) is 50.8 Å². The van der Waals surface area contributed by atoms with Crippen LogP contribution in [0, 0.1) is 11.3 Å². The zero-order valence-corrected chi connectivity index (χ0v) is 12.4. The molecule has 0 aromatic carbocycles. The number of nitrogens with zero attached hydrogens (tertiary/aromatic N) is 4. The molecule has 1 aliphatic carbocycles. The summed E-state index contributed by atoms with van der Waals surface area (Å²) < 4.78 is 1.71. The van der Waals surface area contributed by atoms with Gasteiger partial charge in [-0.3, -0.25) is 4.79 Å². The number of hydrogen-bond acceptors (Lipinski definition) is 4. The maximum absolute atomic E-state index is 11.8. The summed E-state index contributed by atoms with van der Waals surface area (Å²) in [6.07, 6.45) is 6.30. The number of carboxylic acid groups (broad SMARTS) is 1. The van der Waals surface area contributed by atoms with Crippen molar-refractivity contribution in [2.45, 2.75) is 65.3 Å². The molecule has 0 saturated heterocycles. The minimum absolute atomic E-state index is 0.404. The Hall–Kier alpha value is -1.46. The van der Waals surface area contributed by atoms with Crippen LogP contribution < -0.4 is 0 Å². The van der Waals surface area contributed by atoms with Crippen LogP contribution in [0.25, 0.3) is 0 Å². The largest absolute Gasteiger partial charge is 0.481 e. The topological polar surface area (TPSA) is 80.9 Å². The molecule has 20 heavy (non-hydrogen) atoms. The molecule has 6 heteroatoms. The van der Waals surface area contributed by atoms with Crippen molar-refractivity contribution in [3.63, 3.8) is 0 Å². The Kier molecular flexibility index (Phi) is 4.73. The van der Waals surface area contributed by atoms with Gasteiger partial charge in [0.2, 0.25) is 0 Å². The molecule has 1 N–H and O–H groups in total. The van der Waals surface area contributed by atoms with Crippen LogP contribution in [0.4, 0.5) is 0 Å².